The van der Waals surface area contributed by atoms with Crippen molar-refractivity contribution in [2.75, 3.05) is 25.9 Å². The molecule has 1 aromatic carbocycles. The number of anilines is 1. The van der Waals surface area contributed by atoms with Crippen LogP contribution in [0.1, 0.15) is 0 Å². The fraction of sp³-hybridized carbons (Fsp3) is 0.400. The summed E-state index contributed by atoms with van der Waals surface area (Å²) in [6.07, 6.45) is -0.666. The third kappa shape index (κ3) is 2.02. The highest BCUT2D eigenvalue weighted by Crippen LogP contribution is 2.31. The maximum atomic E-state index is 13.6. The first-order valence-electron chi connectivity index (χ1n) is 5.17. The molecule has 6 nitrogen and oxygen atoms in total. The number of aliphatic hydroxyl groups excluding tert-OH is 1. The Kier molecular flexibility index (Phi) is 3.18. The number of hydrogen-bond acceptors (Lipinski definition) is 5. The van der Waals surface area contributed by atoms with Crippen molar-refractivity contribution in [3.8, 4) is 5.75 Å². The lowest BCUT2D eigenvalue weighted by Crippen LogP contribution is -2.53. The Morgan fingerprint density at radius 1 is 1.50 bits per heavy atom. The summed E-state index contributed by atoms with van der Waals surface area (Å²) in [4.78, 5) is -0.245. The summed E-state index contributed by atoms with van der Waals surface area (Å²) < 4.78 is 43.4. The van der Waals surface area contributed by atoms with Gasteiger partial charge in [0.1, 0.15) is 0 Å². The van der Waals surface area contributed by atoms with Gasteiger partial charge in [0.05, 0.1) is 23.8 Å². The molecule has 18 heavy (non-hydrogen) atoms. The van der Waals surface area contributed by atoms with Gasteiger partial charge in [-0.25, -0.2) is 12.8 Å². The minimum Gasteiger partial charge on any atom is -0.492 e. The number of methoxy groups -OCH3 is 1. The van der Waals surface area contributed by atoms with Gasteiger partial charge in [-0.05, 0) is 12.1 Å². The van der Waals surface area contributed by atoms with E-state index in [1.54, 1.807) is 0 Å². The van der Waals surface area contributed by atoms with Crippen LogP contribution < -0.4 is 10.5 Å². The smallest absolute Gasteiger partial charge is 0.243 e. The summed E-state index contributed by atoms with van der Waals surface area (Å²) in [7, 11) is -2.56. The molecule has 8 heteroatoms. The Morgan fingerprint density at radius 2 is 2.11 bits per heavy atom. The summed E-state index contributed by atoms with van der Waals surface area (Å²) in [5, 5.41) is 9.10. The van der Waals surface area contributed by atoms with Crippen molar-refractivity contribution in [2.45, 2.75) is 11.0 Å². The standard InChI is InChI=1S/C10H13FN2O4S/c1-17-10-8(11)2-7(3-9(10)12)18(15,16)13-4-6(14)5-13/h2-3,6,14H,4-5,12H2,1H3. The Hall–Kier alpha value is -1.38. The summed E-state index contributed by atoms with van der Waals surface area (Å²) in [5.41, 5.74) is 5.43. The van der Waals surface area contributed by atoms with Gasteiger partial charge in [0, 0.05) is 13.1 Å². The van der Waals surface area contributed by atoms with Crippen LogP contribution in [0.15, 0.2) is 17.0 Å². The van der Waals surface area contributed by atoms with Crippen molar-refractivity contribution in [2.24, 2.45) is 0 Å². The molecule has 0 bridgehead atoms. The van der Waals surface area contributed by atoms with Gasteiger partial charge >= 0.3 is 0 Å². The molecule has 1 heterocycles. The Balaban J connectivity index is 2.40. The number of aliphatic hydroxyl groups is 1. The molecule has 1 aliphatic rings. The van der Waals surface area contributed by atoms with E-state index in [1.165, 1.54) is 7.11 Å². The van der Waals surface area contributed by atoms with E-state index in [9.17, 15) is 12.8 Å². The zero-order valence-electron chi connectivity index (χ0n) is 9.63. The van der Waals surface area contributed by atoms with Crippen molar-refractivity contribution < 1.29 is 22.7 Å². The number of rotatable bonds is 3. The number of nitrogens with zero attached hydrogens (tertiary/aromatic N) is 1. The Bertz CT molecular complexity index is 546. The molecular formula is C10H13FN2O4S. The lowest BCUT2D eigenvalue weighted by molar-refractivity contribution is 0.0548. The number of β-amino-alcohol motifs (C(OH)–C–C–N with tert-alkyl or cyclic N) is 1. The van der Waals surface area contributed by atoms with Gasteiger partial charge < -0.3 is 15.6 Å². The predicted octanol–water partition coefficient (Wildman–Crippen LogP) is -0.218. The van der Waals surface area contributed by atoms with Gasteiger partial charge in [0.15, 0.2) is 11.6 Å². The van der Waals surface area contributed by atoms with Gasteiger partial charge in [-0.15, -0.1) is 0 Å². The monoisotopic (exact) mass is 276 g/mol. The van der Waals surface area contributed by atoms with Crippen molar-refractivity contribution in [1.82, 2.24) is 4.31 Å². The molecule has 3 N–H and O–H groups in total. The Morgan fingerprint density at radius 3 is 2.56 bits per heavy atom. The largest absolute Gasteiger partial charge is 0.492 e. The number of halogens is 1. The second-order valence-electron chi connectivity index (χ2n) is 4.00. The van der Waals surface area contributed by atoms with Gasteiger partial charge in [-0.2, -0.15) is 4.31 Å². The zero-order chi connectivity index (χ0) is 13.5. The fourth-order valence-corrected chi connectivity index (χ4v) is 3.28. The van der Waals surface area contributed by atoms with Gasteiger partial charge in [0.25, 0.3) is 0 Å². The molecule has 0 atom stereocenters. The molecular weight excluding hydrogens is 263 g/mol. The second-order valence-corrected chi connectivity index (χ2v) is 5.94. The number of ether oxygens (including phenoxy) is 1. The molecule has 0 saturated carbocycles. The van der Waals surface area contributed by atoms with Gasteiger partial charge in [0.2, 0.25) is 10.0 Å². The van der Waals surface area contributed by atoms with Crippen LogP contribution >= 0.6 is 0 Å². The van der Waals surface area contributed by atoms with E-state index in [0.717, 1.165) is 16.4 Å². The van der Waals surface area contributed by atoms with E-state index >= 15 is 0 Å². The summed E-state index contributed by atoms with van der Waals surface area (Å²) in [6.45, 7) is 0.0196. The summed E-state index contributed by atoms with van der Waals surface area (Å²) in [6, 6.07) is 2.00. The molecule has 0 amide bonds. The molecule has 1 aromatic rings. The summed E-state index contributed by atoms with van der Waals surface area (Å²) in [5.74, 6) is -1.02. The number of sulfonamides is 1. The van der Waals surface area contributed by atoms with Crippen LogP contribution in [0.2, 0.25) is 0 Å². The van der Waals surface area contributed by atoms with Crippen LogP contribution in [0, 0.1) is 5.82 Å². The quantitative estimate of drug-likeness (QED) is 0.745. The lowest BCUT2D eigenvalue weighted by atomic mass is 10.2. The third-order valence-electron chi connectivity index (χ3n) is 2.72. The maximum Gasteiger partial charge on any atom is 0.243 e. The van der Waals surface area contributed by atoms with E-state index in [-0.39, 0.29) is 29.4 Å². The van der Waals surface area contributed by atoms with Crippen LogP contribution in [0.25, 0.3) is 0 Å². The van der Waals surface area contributed by atoms with Crippen LogP contribution in [-0.4, -0.2) is 44.1 Å². The lowest BCUT2D eigenvalue weighted by Gasteiger charge is -2.34. The molecule has 0 aromatic heterocycles. The average Bonchev–Trinajstić information content (AvgIpc) is 2.24. The van der Waals surface area contributed by atoms with Crippen molar-refractivity contribution in [3.05, 3.63) is 17.9 Å². The fourth-order valence-electron chi connectivity index (χ4n) is 1.72. The molecule has 1 fully saturated rings. The Labute approximate surface area is 104 Å². The molecule has 1 aliphatic heterocycles. The van der Waals surface area contributed by atoms with E-state index < -0.39 is 21.9 Å². The first-order valence-corrected chi connectivity index (χ1v) is 6.61. The molecule has 0 radical (unpaired) electrons. The van der Waals surface area contributed by atoms with Crippen LogP contribution in [0.5, 0.6) is 5.75 Å². The van der Waals surface area contributed by atoms with Crippen molar-refractivity contribution in [3.63, 3.8) is 0 Å². The van der Waals surface area contributed by atoms with E-state index in [4.69, 9.17) is 15.6 Å². The first-order chi connectivity index (χ1) is 8.36. The van der Waals surface area contributed by atoms with Crippen LogP contribution in [-0.2, 0) is 10.0 Å². The highest BCUT2D eigenvalue weighted by atomic mass is 32.2. The third-order valence-corrected chi connectivity index (χ3v) is 4.53. The molecule has 1 saturated heterocycles. The zero-order valence-corrected chi connectivity index (χ0v) is 10.4. The topological polar surface area (TPSA) is 92.9 Å². The normalized spacial score (nSPS) is 17.5. The SMILES string of the molecule is COc1c(N)cc(S(=O)(=O)N2CC(O)C2)cc1F. The van der Waals surface area contributed by atoms with E-state index in [0.29, 0.717) is 0 Å². The number of benzene rings is 1. The van der Waals surface area contributed by atoms with E-state index in [1.807, 2.05) is 0 Å². The van der Waals surface area contributed by atoms with Crippen molar-refractivity contribution >= 4 is 15.7 Å². The number of nitrogens with two attached hydrogens (primary N) is 1. The average molecular weight is 276 g/mol. The molecule has 100 valence electrons. The molecule has 2 rings (SSSR count). The van der Waals surface area contributed by atoms with Crippen molar-refractivity contribution in [1.29, 1.82) is 0 Å². The molecule has 0 aliphatic carbocycles. The van der Waals surface area contributed by atoms with E-state index in [2.05, 4.69) is 0 Å². The van der Waals surface area contributed by atoms with Crippen LogP contribution in [0.4, 0.5) is 10.1 Å². The number of nitrogen functional groups attached to an aromatic ring is 1. The highest BCUT2D eigenvalue weighted by molar-refractivity contribution is 7.89. The minimum atomic E-state index is -3.81. The maximum absolute atomic E-state index is 13.6. The number of hydrogen-bond donors (Lipinski definition) is 2. The summed E-state index contributed by atoms with van der Waals surface area (Å²) >= 11 is 0. The van der Waals surface area contributed by atoms with Crippen LogP contribution in [0.3, 0.4) is 0 Å². The molecule has 0 unspecified atom stereocenters. The predicted molar refractivity (Wildman–Crippen MR) is 62.1 cm³/mol. The molecule has 0 spiro atoms. The second kappa shape index (κ2) is 4.38. The first kappa shape index (κ1) is 13.1. The van der Waals surface area contributed by atoms with Gasteiger partial charge in [-0.3, -0.25) is 0 Å². The minimum absolute atomic E-state index is 0.00981. The van der Waals surface area contributed by atoms with Gasteiger partial charge in [-0.1, -0.05) is 0 Å². The highest BCUT2D eigenvalue weighted by Gasteiger charge is 2.36.